The number of hydrogen-bond donors (Lipinski definition) is 1. The summed E-state index contributed by atoms with van der Waals surface area (Å²) in [5.41, 5.74) is 3.18. The Kier molecular flexibility index (Phi) is 6.06. The highest BCUT2D eigenvalue weighted by molar-refractivity contribution is 5.79. The molecule has 19 heavy (non-hydrogen) atoms. The molecule has 0 saturated heterocycles. The molecule has 0 aliphatic carbocycles. The number of aryl methyl sites for hydroxylation is 1. The van der Waals surface area contributed by atoms with Crippen molar-refractivity contribution in [1.29, 1.82) is 0 Å². The van der Waals surface area contributed by atoms with Gasteiger partial charge in [0.1, 0.15) is 0 Å². The Balaban J connectivity index is 2.67. The van der Waals surface area contributed by atoms with Gasteiger partial charge >= 0.3 is 0 Å². The number of carbonyl (C=O) groups is 1. The third kappa shape index (κ3) is 4.69. The molecule has 0 fully saturated rings. The maximum absolute atomic E-state index is 11.9. The Morgan fingerprint density at radius 1 is 1.37 bits per heavy atom. The van der Waals surface area contributed by atoms with Gasteiger partial charge in [-0.25, -0.2) is 0 Å². The molecule has 0 aromatic carbocycles. The van der Waals surface area contributed by atoms with Gasteiger partial charge in [0.2, 0.25) is 5.91 Å². The first-order chi connectivity index (χ1) is 8.95. The summed E-state index contributed by atoms with van der Waals surface area (Å²) in [5, 5.41) is 7.50. The number of nitrogens with one attached hydrogen (secondary N) is 1. The lowest BCUT2D eigenvalue weighted by Crippen LogP contribution is -2.26. The van der Waals surface area contributed by atoms with Crippen molar-refractivity contribution in [3.05, 3.63) is 17.0 Å². The second kappa shape index (κ2) is 7.31. The molecular formula is C15H27N3O. The maximum Gasteiger partial charge on any atom is 0.224 e. The monoisotopic (exact) mass is 265 g/mol. The summed E-state index contributed by atoms with van der Waals surface area (Å²) in [5.74, 6) is 0.660. The lowest BCUT2D eigenvalue weighted by Gasteiger charge is -2.08. The molecule has 0 spiro atoms. The van der Waals surface area contributed by atoms with E-state index in [2.05, 4.69) is 38.1 Å². The highest BCUT2D eigenvalue weighted by Gasteiger charge is 2.15. The molecule has 0 aliphatic heterocycles. The lowest BCUT2D eigenvalue weighted by molar-refractivity contribution is -0.120. The van der Waals surface area contributed by atoms with Crippen LogP contribution in [0.25, 0.3) is 0 Å². The molecular weight excluding hydrogens is 238 g/mol. The van der Waals surface area contributed by atoms with Gasteiger partial charge in [-0.3, -0.25) is 9.48 Å². The summed E-state index contributed by atoms with van der Waals surface area (Å²) >= 11 is 0. The van der Waals surface area contributed by atoms with Crippen LogP contribution in [-0.2, 0) is 17.8 Å². The first kappa shape index (κ1) is 15.7. The second-order valence-corrected chi connectivity index (χ2v) is 5.61. The predicted octanol–water partition coefficient (Wildman–Crippen LogP) is 2.61. The highest BCUT2D eigenvalue weighted by atomic mass is 16.1. The van der Waals surface area contributed by atoms with E-state index in [4.69, 9.17) is 0 Å². The van der Waals surface area contributed by atoms with Gasteiger partial charge in [-0.1, -0.05) is 27.2 Å². The number of carbonyl (C=O) groups excluding carboxylic acids is 1. The summed E-state index contributed by atoms with van der Waals surface area (Å²) in [6.07, 6.45) is 2.58. The zero-order valence-corrected chi connectivity index (χ0v) is 12.9. The van der Waals surface area contributed by atoms with Crippen molar-refractivity contribution in [2.24, 2.45) is 5.92 Å². The molecule has 0 unspecified atom stereocenters. The molecule has 1 N–H and O–H groups in total. The van der Waals surface area contributed by atoms with Crippen LogP contribution in [0.3, 0.4) is 0 Å². The standard InChI is InChI=1S/C15H27N3O/c1-6-7-8-16-15(19)9-14-12(4)17-18(13(14)5)10-11(2)3/h11H,6-10H2,1-5H3,(H,16,19). The highest BCUT2D eigenvalue weighted by Crippen LogP contribution is 2.15. The molecule has 0 radical (unpaired) electrons. The van der Waals surface area contributed by atoms with Crippen molar-refractivity contribution in [2.75, 3.05) is 6.54 Å². The van der Waals surface area contributed by atoms with E-state index in [-0.39, 0.29) is 5.91 Å². The molecule has 0 aliphatic rings. The van der Waals surface area contributed by atoms with Crippen LogP contribution in [0, 0.1) is 19.8 Å². The van der Waals surface area contributed by atoms with Crippen LogP contribution in [0.15, 0.2) is 0 Å². The normalized spacial score (nSPS) is 11.1. The van der Waals surface area contributed by atoms with Gasteiger partial charge in [-0.15, -0.1) is 0 Å². The molecule has 0 bridgehead atoms. The minimum Gasteiger partial charge on any atom is -0.356 e. The molecule has 4 nitrogen and oxygen atoms in total. The average Bonchev–Trinajstić information content (AvgIpc) is 2.56. The zero-order chi connectivity index (χ0) is 14.4. The predicted molar refractivity (Wildman–Crippen MR) is 78.2 cm³/mol. The van der Waals surface area contributed by atoms with Gasteiger partial charge in [-0.05, 0) is 26.2 Å². The van der Waals surface area contributed by atoms with Crippen LogP contribution in [0.1, 0.15) is 50.6 Å². The number of nitrogens with zero attached hydrogens (tertiary/aromatic N) is 2. The van der Waals surface area contributed by atoms with Gasteiger partial charge < -0.3 is 5.32 Å². The van der Waals surface area contributed by atoms with Crippen LogP contribution in [-0.4, -0.2) is 22.2 Å². The van der Waals surface area contributed by atoms with Crippen LogP contribution < -0.4 is 5.32 Å². The van der Waals surface area contributed by atoms with E-state index in [9.17, 15) is 4.79 Å². The topological polar surface area (TPSA) is 46.9 Å². The Hall–Kier alpha value is -1.32. The largest absolute Gasteiger partial charge is 0.356 e. The van der Waals surface area contributed by atoms with E-state index < -0.39 is 0 Å². The van der Waals surface area contributed by atoms with Gasteiger partial charge in [0.15, 0.2) is 0 Å². The summed E-state index contributed by atoms with van der Waals surface area (Å²) in [6, 6.07) is 0. The third-order valence-corrected chi connectivity index (χ3v) is 3.26. The lowest BCUT2D eigenvalue weighted by atomic mass is 10.1. The summed E-state index contributed by atoms with van der Waals surface area (Å²) in [6.45, 7) is 12.2. The molecule has 108 valence electrons. The van der Waals surface area contributed by atoms with Crippen LogP contribution in [0.5, 0.6) is 0 Å². The van der Waals surface area contributed by atoms with Crippen molar-refractivity contribution in [3.8, 4) is 0 Å². The number of amides is 1. The van der Waals surface area contributed by atoms with Crippen molar-refractivity contribution in [2.45, 2.75) is 60.4 Å². The first-order valence-electron chi connectivity index (χ1n) is 7.25. The summed E-state index contributed by atoms with van der Waals surface area (Å²) in [7, 11) is 0. The van der Waals surface area contributed by atoms with Gasteiger partial charge in [0, 0.05) is 24.3 Å². The minimum absolute atomic E-state index is 0.101. The molecule has 1 amide bonds. The number of aromatic nitrogens is 2. The molecule has 0 atom stereocenters. The average molecular weight is 265 g/mol. The van der Waals surface area contributed by atoms with Crippen LogP contribution in [0.4, 0.5) is 0 Å². The van der Waals surface area contributed by atoms with E-state index in [1.54, 1.807) is 0 Å². The second-order valence-electron chi connectivity index (χ2n) is 5.61. The van der Waals surface area contributed by atoms with Crippen molar-refractivity contribution in [1.82, 2.24) is 15.1 Å². The zero-order valence-electron chi connectivity index (χ0n) is 12.9. The number of unbranched alkanes of at least 4 members (excludes halogenated alkanes) is 1. The van der Waals surface area contributed by atoms with Gasteiger partial charge in [0.25, 0.3) is 0 Å². The van der Waals surface area contributed by atoms with Crippen LogP contribution in [0.2, 0.25) is 0 Å². The summed E-state index contributed by atoms with van der Waals surface area (Å²) < 4.78 is 2.02. The quantitative estimate of drug-likeness (QED) is 0.770. The van der Waals surface area contributed by atoms with E-state index >= 15 is 0 Å². The van der Waals surface area contributed by atoms with Gasteiger partial charge in [-0.2, -0.15) is 5.10 Å². The molecule has 1 aromatic heterocycles. The third-order valence-electron chi connectivity index (χ3n) is 3.26. The fraction of sp³-hybridized carbons (Fsp3) is 0.733. The maximum atomic E-state index is 11.9. The number of rotatable bonds is 7. The van der Waals surface area contributed by atoms with E-state index in [0.717, 1.165) is 42.9 Å². The fourth-order valence-corrected chi connectivity index (χ4v) is 2.14. The Morgan fingerprint density at radius 2 is 2.05 bits per heavy atom. The molecule has 4 heteroatoms. The Bertz CT molecular complexity index is 421. The van der Waals surface area contributed by atoms with Crippen molar-refractivity contribution >= 4 is 5.91 Å². The van der Waals surface area contributed by atoms with E-state index in [0.29, 0.717) is 12.3 Å². The van der Waals surface area contributed by atoms with Crippen LogP contribution >= 0.6 is 0 Å². The first-order valence-corrected chi connectivity index (χ1v) is 7.25. The smallest absolute Gasteiger partial charge is 0.224 e. The Morgan fingerprint density at radius 3 is 2.63 bits per heavy atom. The van der Waals surface area contributed by atoms with E-state index in [1.807, 2.05) is 11.6 Å². The fourth-order valence-electron chi connectivity index (χ4n) is 2.14. The molecule has 1 heterocycles. The molecule has 0 saturated carbocycles. The Labute approximate surface area is 116 Å². The SMILES string of the molecule is CCCCNC(=O)Cc1c(C)nn(CC(C)C)c1C. The van der Waals surface area contributed by atoms with E-state index in [1.165, 1.54) is 0 Å². The molecule has 1 aromatic rings. The van der Waals surface area contributed by atoms with Gasteiger partial charge in [0.05, 0.1) is 12.1 Å². The van der Waals surface area contributed by atoms with Crippen molar-refractivity contribution in [3.63, 3.8) is 0 Å². The molecule has 1 rings (SSSR count). The number of hydrogen-bond acceptors (Lipinski definition) is 2. The minimum atomic E-state index is 0.101. The summed E-state index contributed by atoms with van der Waals surface area (Å²) in [4.78, 5) is 11.9. The van der Waals surface area contributed by atoms with Crippen molar-refractivity contribution < 1.29 is 4.79 Å².